The van der Waals surface area contributed by atoms with E-state index in [4.69, 9.17) is 5.84 Å². The molecule has 0 aromatic rings. The summed E-state index contributed by atoms with van der Waals surface area (Å²) in [6, 6.07) is 0. The van der Waals surface area contributed by atoms with Crippen LogP contribution in [-0.4, -0.2) is 18.1 Å². The summed E-state index contributed by atoms with van der Waals surface area (Å²) in [5, 5.41) is 1.91. The molecule has 1 rings (SSSR count). The molecule has 0 amide bonds. The number of hydrogen-bond acceptors (Lipinski definition) is 2. The highest BCUT2D eigenvalue weighted by atomic mass is 15.4. The largest absolute Gasteiger partial charge is 0.269 e. The first-order valence-electron chi connectivity index (χ1n) is 3.28. The first kappa shape index (κ1) is 6.05. The molecule has 1 fully saturated rings. The lowest BCUT2D eigenvalue weighted by molar-refractivity contribution is 0.188. The van der Waals surface area contributed by atoms with E-state index >= 15 is 0 Å². The van der Waals surface area contributed by atoms with Crippen molar-refractivity contribution in [3.05, 3.63) is 0 Å². The lowest BCUT2D eigenvalue weighted by Gasteiger charge is -2.26. The minimum absolute atomic E-state index is 0.814. The highest BCUT2D eigenvalue weighted by Gasteiger charge is 2.11. The Kier molecular flexibility index (Phi) is 1.86. The predicted octanol–water partition coefficient (Wildman–Crippen LogP) is 0.592. The average Bonchev–Trinajstić information content (AvgIpc) is 1.64. The van der Waals surface area contributed by atoms with Gasteiger partial charge in [0.2, 0.25) is 0 Å². The first-order chi connectivity index (χ1) is 3.79. The number of nitrogens with zero attached hydrogens (tertiary/aromatic N) is 1. The average molecular weight is 114 g/mol. The Morgan fingerprint density at radius 3 is 2.75 bits per heavy atom. The topological polar surface area (TPSA) is 29.3 Å². The molecule has 0 saturated carbocycles. The Labute approximate surface area is 50.6 Å². The van der Waals surface area contributed by atoms with Gasteiger partial charge in [-0.05, 0) is 18.8 Å². The van der Waals surface area contributed by atoms with Crippen LogP contribution < -0.4 is 5.84 Å². The molecule has 8 heavy (non-hydrogen) atoms. The van der Waals surface area contributed by atoms with Gasteiger partial charge in [0.25, 0.3) is 0 Å². The highest BCUT2D eigenvalue weighted by molar-refractivity contribution is 4.64. The molecule has 2 heteroatoms. The number of hydrogen-bond donors (Lipinski definition) is 1. The third kappa shape index (κ3) is 1.46. The van der Waals surface area contributed by atoms with Gasteiger partial charge < -0.3 is 0 Å². The van der Waals surface area contributed by atoms with Gasteiger partial charge in [0.05, 0.1) is 0 Å². The second-order valence-corrected chi connectivity index (χ2v) is 2.74. The standard InChI is InChI=1S/C6H14N2/c1-6-3-2-4-8(7)5-6/h6H,2-5,7H2,1H3/t6-/m1/s1. The van der Waals surface area contributed by atoms with E-state index in [1.807, 2.05) is 5.01 Å². The molecule has 0 spiro atoms. The molecule has 1 aliphatic rings. The van der Waals surface area contributed by atoms with Crippen molar-refractivity contribution >= 4 is 0 Å². The fourth-order valence-electron chi connectivity index (χ4n) is 1.23. The maximum Gasteiger partial charge on any atom is 0.0154 e. The Hall–Kier alpha value is -0.0800. The molecular weight excluding hydrogens is 100 g/mol. The van der Waals surface area contributed by atoms with E-state index < -0.39 is 0 Å². The van der Waals surface area contributed by atoms with Crippen molar-refractivity contribution in [2.45, 2.75) is 19.8 Å². The molecule has 2 nitrogen and oxygen atoms in total. The van der Waals surface area contributed by atoms with Crippen molar-refractivity contribution in [2.75, 3.05) is 13.1 Å². The molecule has 1 aliphatic heterocycles. The van der Waals surface area contributed by atoms with Crippen LogP contribution in [0.4, 0.5) is 0 Å². The number of hydrazine groups is 1. The predicted molar refractivity (Wildman–Crippen MR) is 34.2 cm³/mol. The van der Waals surface area contributed by atoms with Crippen LogP contribution in [0.2, 0.25) is 0 Å². The van der Waals surface area contributed by atoms with Gasteiger partial charge in [-0.3, -0.25) is 5.84 Å². The lowest BCUT2D eigenvalue weighted by atomic mass is 10.0. The minimum Gasteiger partial charge on any atom is -0.269 e. The van der Waals surface area contributed by atoms with Crippen molar-refractivity contribution in [1.82, 2.24) is 5.01 Å². The summed E-state index contributed by atoms with van der Waals surface area (Å²) in [7, 11) is 0. The maximum atomic E-state index is 5.56. The van der Waals surface area contributed by atoms with E-state index in [-0.39, 0.29) is 0 Å². The van der Waals surface area contributed by atoms with E-state index in [2.05, 4.69) is 6.92 Å². The van der Waals surface area contributed by atoms with Crippen LogP contribution in [0, 0.1) is 5.92 Å². The summed E-state index contributed by atoms with van der Waals surface area (Å²) in [6.45, 7) is 4.42. The summed E-state index contributed by atoms with van der Waals surface area (Å²) in [4.78, 5) is 0. The van der Waals surface area contributed by atoms with Crippen molar-refractivity contribution in [1.29, 1.82) is 0 Å². The summed E-state index contributed by atoms with van der Waals surface area (Å²) >= 11 is 0. The molecule has 0 aromatic heterocycles. The molecule has 0 aliphatic carbocycles. The van der Waals surface area contributed by atoms with E-state index in [0.717, 1.165) is 19.0 Å². The third-order valence-corrected chi connectivity index (χ3v) is 1.69. The molecule has 1 heterocycles. The molecule has 0 bridgehead atoms. The van der Waals surface area contributed by atoms with Gasteiger partial charge in [-0.1, -0.05) is 6.92 Å². The summed E-state index contributed by atoms with van der Waals surface area (Å²) in [5.41, 5.74) is 0. The van der Waals surface area contributed by atoms with Crippen LogP contribution >= 0.6 is 0 Å². The quantitative estimate of drug-likeness (QED) is 0.467. The Morgan fingerprint density at radius 2 is 2.38 bits per heavy atom. The van der Waals surface area contributed by atoms with Crippen molar-refractivity contribution < 1.29 is 0 Å². The van der Waals surface area contributed by atoms with Crippen molar-refractivity contribution in [3.8, 4) is 0 Å². The molecule has 48 valence electrons. The van der Waals surface area contributed by atoms with Crippen LogP contribution in [-0.2, 0) is 0 Å². The van der Waals surface area contributed by atoms with E-state index in [9.17, 15) is 0 Å². The van der Waals surface area contributed by atoms with Crippen molar-refractivity contribution in [3.63, 3.8) is 0 Å². The first-order valence-corrected chi connectivity index (χ1v) is 3.28. The number of piperidine rings is 1. The van der Waals surface area contributed by atoms with E-state index in [1.165, 1.54) is 12.8 Å². The van der Waals surface area contributed by atoms with E-state index in [1.54, 1.807) is 0 Å². The van der Waals surface area contributed by atoms with Gasteiger partial charge in [0, 0.05) is 13.1 Å². The fraction of sp³-hybridized carbons (Fsp3) is 1.00. The Bertz CT molecular complexity index is 64.9. The second kappa shape index (κ2) is 2.46. The number of rotatable bonds is 0. The number of nitrogens with two attached hydrogens (primary N) is 1. The normalized spacial score (nSPS) is 33.0. The molecule has 1 atom stereocenters. The summed E-state index contributed by atoms with van der Waals surface area (Å²) in [6.07, 6.45) is 2.63. The maximum absolute atomic E-state index is 5.56. The molecule has 1 saturated heterocycles. The summed E-state index contributed by atoms with van der Waals surface area (Å²) in [5.74, 6) is 6.37. The zero-order valence-corrected chi connectivity index (χ0v) is 5.43. The molecule has 2 N–H and O–H groups in total. The molecule has 0 radical (unpaired) electrons. The molecular formula is C6H14N2. The van der Waals surface area contributed by atoms with Crippen LogP contribution in [0.15, 0.2) is 0 Å². The van der Waals surface area contributed by atoms with Gasteiger partial charge in [0.1, 0.15) is 0 Å². The highest BCUT2D eigenvalue weighted by Crippen LogP contribution is 2.11. The zero-order chi connectivity index (χ0) is 5.98. The van der Waals surface area contributed by atoms with Gasteiger partial charge in [-0.2, -0.15) is 0 Å². The van der Waals surface area contributed by atoms with E-state index in [0.29, 0.717) is 0 Å². The van der Waals surface area contributed by atoms with Gasteiger partial charge in [-0.25, -0.2) is 5.01 Å². The van der Waals surface area contributed by atoms with Gasteiger partial charge >= 0.3 is 0 Å². The van der Waals surface area contributed by atoms with Crippen LogP contribution in [0.25, 0.3) is 0 Å². The Balaban J connectivity index is 2.23. The minimum atomic E-state index is 0.814. The van der Waals surface area contributed by atoms with Crippen LogP contribution in [0.1, 0.15) is 19.8 Å². The third-order valence-electron chi connectivity index (χ3n) is 1.69. The SMILES string of the molecule is C[C@@H]1CCCN(N)C1. The van der Waals surface area contributed by atoms with Crippen LogP contribution in [0.5, 0.6) is 0 Å². The monoisotopic (exact) mass is 114 g/mol. The smallest absolute Gasteiger partial charge is 0.0154 e. The van der Waals surface area contributed by atoms with Gasteiger partial charge in [0.15, 0.2) is 0 Å². The Morgan fingerprint density at radius 1 is 1.62 bits per heavy atom. The van der Waals surface area contributed by atoms with Crippen LogP contribution in [0.3, 0.4) is 0 Å². The van der Waals surface area contributed by atoms with Gasteiger partial charge in [-0.15, -0.1) is 0 Å². The second-order valence-electron chi connectivity index (χ2n) is 2.74. The molecule has 0 aromatic carbocycles. The fourth-order valence-corrected chi connectivity index (χ4v) is 1.23. The van der Waals surface area contributed by atoms with Crippen molar-refractivity contribution in [2.24, 2.45) is 11.8 Å². The summed E-state index contributed by atoms with van der Waals surface area (Å²) < 4.78 is 0. The zero-order valence-electron chi connectivity index (χ0n) is 5.43. The lowest BCUT2D eigenvalue weighted by Crippen LogP contribution is -2.39. The molecule has 0 unspecified atom stereocenters.